The number of nitrogens with zero attached hydrogens (tertiary/aromatic N) is 3. The Kier molecular flexibility index (Phi) is 6.96. The Labute approximate surface area is 221 Å². The van der Waals surface area contributed by atoms with Crippen LogP contribution in [-0.4, -0.2) is 33.4 Å². The van der Waals surface area contributed by atoms with Crippen molar-refractivity contribution >= 4 is 49.5 Å². The summed E-state index contributed by atoms with van der Waals surface area (Å²) in [6.07, 6.45) is 4.68. The van der Waals surface area contributed by atoms with E-state index in [1.165, 1.54) is 6.26 Å². The smallest absolute Gasteiger partial charge is 0.255 e. The van der Waals surface area contributed by atoms with Crippen molar-refractivity contribution in [3.63, 3.8) is 0 Å². The van der Waals surface area contributed by atoms with Crippen LogP contribution in [0, 0.1) is 11.3 Å². The molecule has 0 bridgehead atoms. The van der Waals surface area contributed by atoms with E-state index in [0.717, 1.165) is 40.8 Å². The molecule has 5 N–H and O–H groups in total. The van der Waals surface area contributed by atoms with E-state index >= 15 is 0 Å². The molecule has 1 atom stereocenters. The number of amides is 1. The lowest BCUT2D eigenvalue weighted by atomic mass is 9.87. The van der Waals surface area contributed by atoms with Crippen LogP contribution in [0.15, 0.2) is 83.4 Å². The zero-order chi connectivity index (χ0) is 26.7. The van der Waals surface area contributed by atoms with Crippen molar-refractivity contribution in [3.8, 4) is 6.07 Å². The van der Waals surface area contributed by atoms with Gasteiger partial charge < -0.3 is 16.0 Å². The van der Waals surface area contributed by atoms with E-state index < -0.39 is 9.92 Å². The highest BCUT2D eigenvalue weighted by molar-refractivity contribution is 7.90. The molecule has 1 fully saturated rings. The van der Waals surface area contributed by atoms with E-state index in [9.17, 15) is 14.3 Å². The van der Waals surface area contributed by atoms with Gasteiger partial charge in [-0.2, -0.15) is 5.26 Å². The number of nitriles is 1. The lowest BCUT2D eigenvalue weighted by Gasteiger charge is -2.34. The van der Waals surface area contributed by atoms with Gasteiger partial charge in [0.25, 0.3) is 5.91 Å². The second-order valence-electron chi connectivity index (χ2n) is 9.38. The van der Waals surface area contributed by atoms with E-state index in [0.29, 0.717) is 16.8 Å². The van der Waals surface area contributed by atoms with Crippen LogP contribution in [-0.2, 0) is 9.92 Å². The number of rotatable bonds is 7. The molecular weight excluding hydrogens is 498 g/mol. The molecule has 192 valence electrons. The first-order chi connectivity index (χ1) is 18.3. The number of anilines is 4. The number of nitrogens with one attached hydrogen (secondary N) is 3. The van der Waals surface area contributed by atoms with E-state index in [2.05, 4.69) is 31.4 Å². The Morgan fingerprint density at radius 2 is 1.82 bits per heavy atom. The second kappa shape index (κ2) is 10.5. The van der Waals surface area contributed by atoms with Crippen LogP contribution in [0.1, 0.15) is 28.8 Å². The number of carbonyl (C=O) groups is 1. The summed E-state index contributed by atoms with van der Waals surface area (Å²) in [6.45, 7) is 0. The van der Waals surface area contributed by atoms with Crippen molar-refractivity contribution < 1.29 is 9.00 Å². The molecule has 1 aliphatic carbocycles. The quantitative estimate of drug-likeness (QED) is 0.267. The zero-order valence-electron chi connectivity index (χ0n) is 20.7. The average molecular weight is 526 g/mol. The maximum atomic E-state index is 13.0. The number of aromatic nitrogens is 1. The summed E-state index contributed by atoms with van der Waals surface area (Å²) in [5.41, 5.74) is 4.90. The first-order valence-corrected chi connectivity index (χ1v) is 14.1. The maximum absolute atomic E-state index is 13.0. The van der Waals surface area contributed by atoms with Gasteiger partial charge in [0.1, 0.15) is 9.92 Å². The molecule has 38 heavy (non-hydrogen) atoms. The Hall–Kier alpha value is -4.46. The molecule has 0 spiro atoms. The topological polar surface area (TPSA) is 145 Å². The summed E-state index contributed by atoms with van der Waals surface area (Å²) in [4.78, 5) is 17.4. The lowest BCUT2D eigenvalue weighted by molar-refractivity contribution is 0.102. The van der Waals surface area contributed by atoms with Crippen molar-refractivity contribution in [2.24, 2.45) is 9.50 Å². The molecule has 9 nitrogen and oxygen atoms in total. The second-order valence-corrected chi connectivity index (χ2v) is 11.3. The van der Waals surface area contributed by atoms with Gasteiger partial charge in [-0.05, 0) is 73.5 Å². The van der Waals surface area contributed by atoms with Crippen molar-refractivity contribution in [3.05, 3.63) is 90.1 Å². The van der Waals surface area contributed by atoms with Crippen LogP contribution < -0.4 is 21.1 Å². The van der Waals surface area contributed by atoms with Crippen molar-refractivity contribution in [2.75, 3.05) is 22.2 Å². The van der Waals surface area contributed by atoms with Gasteiger partial charge in [-0.3, -0.25) is 9.78 Å². The normalized spacial score (nSPS) is 17.9. The van der Waals surface area contributed by atoms with Crippen molar-refractivity contribution in [1.82, 2.24) is 4.98 Å². The van der Waals surface area contributed by atoms with Gasteiger partial charge in [-0.15, -0.1) is 0 Å². The maximum Gasteiger partial charge on any atom is 0.255 e. The molecule has 1 saturated carbocycles. The number of nitrogens with two attached hydrogens (primary N) is 1. The van der Waals surface area contributed by atoms with Crippen LogP contribution in [0.5, 0.6) is 0 Å². The Balaban J connectivity index is 1.25. The van der Waals surface area contributed by atoms with Crippen LogP contribution in [0.3, 0.4) is 0 Å². The molecular formula is C28H27N7O2S. The van der Waals surface area contributed by atoms with E-state index in [1.54, 1.807) is 30.5 Å². The molecule has 5 rings (SSSR count). The number of carbonyl (C=O) groups excluding carboxylic acids is 1. The van der Waals surface area contributed by atoms with Crippen molar-refractivity contribution in [1.29, 1.82) is 5.26 Å². The standard InChI is InChI=1S/C28H27N7O2S/c1-38(30,37)35-24-15-23(16-24)32-21-6-3-7-22(14-21)34-28(36)19-4-2-5-20(13-19)33-27-10-11-31-26-9-8-18(17-29)12-25(26)27/h2-14,23-24,32H,15-16H2,1H3,(H,31,33)(H,34,36)(H2,30,35,37). The lowest BCUT2D eigenvalue weighted by Crippen LogP contribution is -2.39. The highest BCUT2D eigenvalue weighted by atomic mass is 32.2. The summed E-state index contributed by atoms with van der Waals surface area (Å²) in [5, 5.41) is 25.3. The first-order valence-electron chi connectivity index (χ1n) is 12.1. The highest BCUT2D eigenvalue weighted by Gasteiger charge is 2.29. The minimum absolute atomic E-state index is 0.0114. The number of hydrogen-bond donors (Lipinski definition) is 4. The van der Waals surface area contributed by atoms with Gasteiger partial charge in [0, 0.05) is 52.2 Å². The molecule has 0 aliphatic heterocycles. The molecule has 10 heteroatoms. The van der Waals surface area contributed by atoms with E-state index in [4.69, 9.17) is 5.14 Å². The summed E-state index contributed by atoms with van der Waals surface area (Å²) >= 11 is 0. The fourth-order valence-electron chi connectivity index (χ4n) is 4.43. The fourth-order valence-corrected chi connectivity index (χ4v) is 5.20. The van der Waals surface area contributed by atoms with Gasteiger partial charge in [0.05, 0.1) is 23.2 Å². The molecule has 0 radical (unpaired) electrons. The van der Waals surface area contributed by atoms with Crippen LogP contribution in [0.4, 0.5) is 22.7 Å². The van der Waals surface area contributed by atoms with E-state index in [-0.39, 0.29) is 18.0 Å². The first kappa shape index (κ1) is 25.2. The Morgan fingerprint density at radius 3 is 2.61 bits per heavy atom. The van der Waals surface area contributed by atoms with Crippen LogP contribution >= 0.6 is 0 Å². The van der Waals surface area contributed by atoms with Gasteiger partial charge >= 0.3 is 0 Å². The molecule has 1 aliphatic rings. The summed E-state index contributed by atoms with van der Waals surface area (Å²) < 4.78 is 15.8. The molecule has 4 aromatic rings. The third-order valence-electron chi connectivity index (χ3n) is 6.24. The zero-order valence-corrected chi connectivity index (χ0v) is 21.5. The van der Waals surface area contributed by atoms with Gasteiger partial charge in [0.15, 0.2) is 0 Å². The predicted molar refractivity (Wildman–Crippen MR) is 152 cm³/mol. The van der Waals surface area contributed by atoms with Gasteiger partial charge in [-0.1, -0.05) is 12.1 Å². The molecule has 1 heterocycles. The van der Waals surface area contributed by atoms with Crippen LogP contribution in [0.25, 0.3) is 10.9 Å². The van der Waals surface area contributed by atoms with Gasteiger partial charge in [-0.25, -0.2) is 13.7 Å². The van der Waals surface area contributed by atoms with Crippen molar-refractivity contribution in [2.45, 2.75) is 24.9 Å². The Morgan fingerprint density at radius 1 is 1.05 bits per heavy atom. The third-order valence-corrected chi connectivity index (χ3v) is 6.95. The molecule has 1 amide bonds. The Bertz CT molecular complexity index is 1670. The minimum Gasteiger partial charge on any atom is -0.382 e. The summed E-state index contributed by atoms with van der Waals surface area (Å²) in [6, 6.07) is 24.3. The number of pyridine rings is 1. The minimum atomic E-state index is -2.58. The number of hydrogen-bond acceptors (Lipinski definition) is 7. The largest absolute Gasteiger partial charge is 0.382 e. The molecule has 1 unspecified atom stereocenters. The van der Waals surface area contributed by atoms with Crippen LogP contribution in [0.2, 0.25) is 0 Å². The molecule has 1 aromatic heterocycles. The van der Waals surface area contributed by atoms with Gasteiger partial charge in [0.2, 0.25) is 0 Å². The number of benzene rings is 3. The predicted octanol–water partition coefficient (Wildman–Crippen LogP) is 5.02. The highest BCUT2D eigenvalue weighted by Crippen LogP contribution is 2.29. The fraction of sp³-hybridized carbons (Fsp3) is 0.179. The summed E-state index contributed by atoms with van der Waals surface area (Å²) in [7, 11) is -2.58. The SMILES string of the molecule is CS(N)(=O)=NC1CC(Nc2cccc(NC(=O)c3cccc(Nc4ccnc5ccc(C#N)cc45)c3)c2)C1. The molecule has 3 aromatic carbocycles. The third kappa shape index (κ3) is 6.08. The monoisotopic (exact) mass is 525 g/mol. The average Bonchev–Trinajstić information content (AvgIpc) is 2.87. The number of fused-ring (bicyclic) bond motifs is 1. The molecule has 0 saturated heterocycles. The summed E-state index contributed by atoms with van der Waals surface area (Å²) in [5.74, 6) is -0.236. The van der Waals surface area contributed by atoms with E-state index in [1.807, 2.05) is 48.5 Å².